The van der Waals surface area contributed by atoms with E-state index in [1.165, 1.54) is 109 Å². The lowest BCUT2D eigenvalue weighted by Crippen LogP contribution is -2.29. The molecule has 9 aromatic rings. The van der Waals surface area contributed by atoms with Gasteiger partial charge in [-0.15, -0.1) is 11.3 Å². The molecule has 1 unspecified atom stereocenters. The molecule has 1 fully saturated rings. The van der Waals surface area contributed by atoms with Crippen molar-refractivity contribution in [1.29, 1.82) is 0 Å². The van der Waals surface area contributed by atoms with Crippen molar-refractivity contribution in [3.8, 4) is 11.1 Å². The zero-order chi connectivity index (χ0) is 40.3. The van der Waals surface area contributed by atoms with E-state index in [1.54, 1.807) is 0 Å². The first kappa shape index (κ1) is 36.0. The summed E-state index contributed by atoms with van der Waals surface area (Å²) in [5, 5.41) is 1.31. The molecule has 3 nitrogen and oxygen atoms in total. The van der Waals surface area contributed by atoms with E-state index >= 15 is 0 Å². The van der Waals surface area contributed by atoms with Gasteiger partial charge in [0.25, 0.3) is 0 Å². The third kappa shape index (κ3) is 6.08. The van der Waals surface area contributed by atoms with Gasteiger partial charge < -0.3 is 14.7 Å². The van der Waals surface area contributed by atoms with Gasteiger partial charge in [0.05, 0.1) is 28.7 Å². The number of thiophene rings is 1. The molecule has 8 aromatic carbocycles. The maximum atomic E-state index is 2.64. The Bertz CT molecular complexity index is 2990. The van der Waals surface area contributed by atoms with Crippen molar-refractivity contribution in [2.45, 2.75) is 43.9 Å². The second-order valence-electron chi connectivity index (χ2n) is 16.7. The number of para-hydroxylation sites is 3. The van der Waals surface area contributed by atoms with Gasteiger partial charge in [0.1, 0.15) is 0 Å². The molecule has 3 heterocycles. The summed E-state index contributed by atoms with van der Waals surface area (Å²) in [5.41, 5.74) is 17.5. The van der Waals surface area contributed by atoms with Crippen LogP contribution < -0.4 is 14.7 Å². The van der Waals surface area contributed by atoms with Gasteiger partial charge in [-0.1, -0.05) is 135 Å². The summed E-state index contributed by atoms with van der Waals surface area (Å²) in [6.07, 6.45) is 6.37. The minimum atomic E-state index is 0.0228. The van der Waals surface area contributed by atoms with Crippen LogP contribution in [0.15, 0.2) is 200 Å². The average Bonchev–Trinajstić information content (AvgIpc) is 3.72. The average molecular weight is 804 g/mol. The van der Waals surface area contributed by atoms with E-state index in [4.69, 9.17) is 0 Å². The summed E-state index contributed by atoms with van der Waals surface area (Å²) < 4.78 is 1.32. The Morgan fingerprint density at radius 2 is 1.07 bits per heavy atom. The van der Waals surface area contributed by atoms with Crippen LogP contribution in [0.25, 0.3) is 21.2 Å². The molecule has 0 spiro atoms. The topological polar surface area (TPSA) is 9.72 Å². The van der Waals surface area contributed by atoms with E-state index in [0.717, 1.165) is 17.1 Å². The first-order valence-corrected chi connectivity index (χ1v) is 22.6. The SMILES string of the molecule is c1ccc(-c2cccc(N3c4cc(C5CCCCC5)cc5c4C(c4cc(N(c6ccccc6)c6ccccc6)ccc4N5c4ccccc4)c4sc5ccccc5c43)c2)cc1. The van der Waals surface area contributed by atoms with Crippen molar-refractivity contribution in [3.63, 3.8) is 0 Å². The Balaban J connectivity index is 1.17. The lowest BCUT2D eigenvalue weighted by Gasteiger charge is -2.45. The number of nitrogens with zero attached hydrogens (tertiary/aromatic N) is 3. The Kier molecular flexibility index (Phi) is 8.85. The molecule has 0 amide bonds. The molecule has 0 bridgehead atoms. The zero-order valence-electron chi connectivity index (χ0n) is 34.0. The van der Waals surface area contributed by atoms with Crippen molar-refractivity contribution in [2.24, 2.45) is 0 Å². The predicted octanol–water partition coefficient (Wildman–Crippen LogP) is 16.8. The summed E-state index contributed by atoms with van der Waals surface area (Å²) >= 11 is 1.96. The molecule has 1 aromatic heterocycles. The molecule has 0 N–H and O–H groups in total. The Hall–Kier alpha value is -6.88. The smallest absolute Gasteiger partial charge is 0.0689 e. The quantitative estimate of drug-likeness (QED) is 0.159. The molecule has 294 valence electrons. The van der Waals surface area contributed by atoms with Crippen molar-refractivity contribution in [2.75, 3.05) is 14.7 Å². The van der Waals surface area contributed by atoms with Crippen LogP contribution in [-0.2, 0) is 0 Å². The fourth-order valence-electron chi connectivity index (χ4n) is 10.4. The second-order valence-corrected chi connectivity index (χ2v) is 17.8. The van der Waals surface area contributed by atoms with E-state index in [1.807, 2.05) is 11.3 Å². The van der Waals surface area contributed by atoms with Gasteiger partial charge in [-0.25, -0.2) is 0 Å². The van der Waals surface area contributed by atoms with Crippen molar-refractivity contribution in [3.05, 3.63) is 222 Å². The lowest BCUT2D eigenvalue weighted by molar-refractivity contribution is 0.443. The molecule has 3 aliphatic rings. The van der Waals surface area contributed by atoms with Crippen molar-refractivity contribution in [1.82, 2.24) is 0 Å². The highest BCUT2D eigenvalue weighted by molar-refractivity contribution is 7.20. The number of rotatable bonds is 7. The Labute approximate surface area is 362 Å². The highest BCUT2D eigenvalue weighted by Gasteiger charge is 2.44. The van der Waals surface area contributed by atoms with Crippen LogP contribution >= 0.6 is 11.3 Å². The molecule has 1 atom stereocenters. The van der Waals surface area contributed by atoms with Crippen LogP contribution in [0, 0.1) is 0 Å². The molecular formula is C57H45N3S. The molecule has 2 aliphatic heterocycles. The number of hydrogen-bond acceptors (Lipinski definition) is 4. The van der Waals surface area contributed by atoms with E-state index in [-0.39, 0.29) is 5.92 Å². The van der Waals surface area contributed by atoms with Gasteiger partial charge in [-0.3, -0.25) is 0 Å². The van der Waals surface area contributed by atoms with Crippen LogP contribution in [0.5, 0.6) is 0 Å². The van der Waals surface area contributed by atoms with Crippen LogP contribution in [0.2, 0.25) is 0 Å². The maximum Gasteiger partial charge on any atom is 0.0689 e. The number of hydrogen-bond donors (Lipinski definition) is 0. The summed E-state index contributed by atoms with van der Waals surface area (Å²) in [4.78, 5) is 9.02. The number of anilines is 9. The molecule has 1 aliphatic carbocycles. The predicted molar refractivity (Wildman–Crippen MR) is 258 cm³/mol. The van der Waals surface area contributed by atoms with E-state index in [0.29, 0.717) is 5.92 Å². The molecule has 0 saturated heterocycles. The van der Waals surface area contributed by atoms with E-state index in [9.17, 15) is 0 Å². The van der Waals surface area contributed by atoms with Gasteiger partial charge >= 0.3 is 0 Å². The minimum absolute atomic E-state index is 0.0228. The molecule has 61 heavy (non-hydrogen) atoms. The van der Waals surface area contributed by atoms with Crippen LogP contribution in [0.3, 0.4) is 0 Å². The van der Waals surface area contributed by atoms with Crippen molar-refractivity contribution >= 4 is 72.6 Å². The van der Waals surface area contributed by atoms with Gasteiger partial charge in [0.15, 0.2) is 0 Å². The van der Waals surface area contributed by atoms with Gasteiger partial charge in [0, 0.05) is 49.0 Å². The fraction of sp³-hybridized carbons (Fsp3) is 0.123. The third-order valence-corrected chi connectivity index (χ3v) is 14.4. The minimum Gasteiger partial charge on any atom is -0.310 e. The van der Waals surface area contributed by atoms with Crippen LogP contribution in [-0.4, -0.2) is 0 Å². The van der Waals surface area contributed by atoms with Gasteiger partial charge in [0.2, 0.25) is 0 Å². The molecule has 12 rings (SSSR count). The molecular weight excluding hydrogens is 759 g/mol. The summed E-state index contributed by atoms with van der Waals surface area (Å²) in [7, 11) is 0. The summed E-state index contributed by atoms with van der Waals surface area (Å²) in [6, 6.07) is 74.3. The van der Waals surface area contributed by atoms with E-state index < -0.39 is 0 Å². The fourth-order valence-corrected chi connectivity index (χ4v) is 11.8. The monoisotopic (exact) mass is 803 g/mol. The summed E-state index contributed by atoms with van der Waals surface area (Å²) in [5.74, 6) is 0.549. The molecule has 1 saturated carbocycles. The third-order valence-electron chi connectivity index (χ3n) is 13.2. The van der Waals surface area contributed by atoms with Crippen molar-refractivity contribution < 1.29 is 0 Å². The lowest BCUT2D eigenvalue weighted by atomic mass is 9.76. The van der Waals surface area contributed by atoms with Gasteiger partial charge in [-0.2, -0.15) is 0 Å². The highest BCUT2D eigenvalue weighted by Crippen LogP contribution is 2.64. The Morgan fingerprint density at radius 3 is 1.79 bits per heavy atom. The zero-order valence-corrected chi connectivity index (χ0v) is 34.8. The van der Waals surface area contributed by atoms with Crippen LogP contribution in [0.4, 0.5) is 51.2 Å². The maximum absolute atomic E-state index is 2.64. The first-order valence-electron chi connectivity index (χ1n) is 21.8. The highest BCUT2D eigenvalue weighted by atomic mass is 32.1. The largest absolute Gasteiger partial charge is 0.310 e. The standard InChI is InChI=1S/C57H45N3S/c1-6-19-39(20-7-1)41-23-18-30-46(35-41)60-52-37-42(40-21-8-2-9-22-40)36-51-55(52)54(57-56(60)48-31-16-17-32-53(48)61-57)49-38-47(33-34-50(49)59(51)45-28-14-5-15-29-45)58(43-24-10-3-11-25-43)44-26-12-4-13-27-44/h1,3-7,10-20,23-38,40,54H,2,8-9,21-22H2. The van der Waals surface area contributed by atoms with Gasteiger partial charge in [-0.05, 0) is 126 Å². The number of fused-ring (bicyclic) bond motifs is 6. The molecule has 0 radical (unpaired) electrons. The normalized spacial score (nSPS) is 15.6. The first-order chi connectivity index (χ1) is 30.3. The number of benzene rings is 8. The molecule has 4 heteroatoms. The second kappa shape index (κ2) is 15.0. The summed E-state index contributed by atoms with van der Waals surface area (Å²) in [6.45, 7) is 0. The van der Waals surface area contributed by atoms with E-state index in [2.05, 4.69) is 215 Å². The Morgan fingerprint density at radius 1 is 0.459 bits per heavy atom. The van der Waals surface area contributed by atoms with Crippen LogP contribution in [0.1, 0.15) is 65.5 Å².